The molecule has 0 radical (unpaired) electrons. The van der Waals surface area contributed by atoms with Gasteiger partial charge in [0, 0.05) is 12.0 Å². The van der Waals surface area contributed by atoms with Gasteiger partial charge >= 0.3 is 0 Å². The van der Waals surface area contributed by atoms with Crippen molar-refractivity contribution < 1.29 is 4.79 Å². The number of hydrogen-bond acceptors (Lipinski definition) is 5. The molecule has 2 aliphatic heterocycles. The molecule has 0 saturated heterocycles. The second-order valence-electron chi connectivity index (χ2n) is 5.33. The fourth-order valence-electron chi connectivity index (χ4n) is 3.64. The third kappa shape index (κ3) is 1.46. The maximum absolute atomic E-state index is 11.5. The van der Waals surface area contributed by atoms with Gasteiger partial charge in [0.25, 0.3) is 5.24 Å². The average molecular weight is 280 g/mol. The average Bonchev–Trinajstić information content (AvgIpc) is 3.05. The summed E-state index contributed by atoms with van der Waals surface area (Å²) < 4.78 is 2.17. The normalized spacial score (nSPS) is 31.9. The SMILES string of the molecule is O=C(Cl)C1=NNC2C3CCCCC3n3cncc3N12. The van der Waals surface area contributed by atoms with Gasteiger partial charge in [0.2, 0.25) is 5.84 Å². The van der Waals surface area contributed by atoms with Gasteiger partial charge in [-0.15, -0.1) is 0 Å². The Morgan fingerprint density at radius 2 is 2.26 bits per heavy atom. The molecule has 0 aromatic carbocycles. The van der Waals surface area contributed by atoms with E-state index in [1.54, 1.807) is 6.20 Å². The van der Waals surface area contributed by atoms with Gasteiger partial charge in [-0.05, 0) is 24.4 Å². The number of rotatable bonds is 1. The van der Waals surface area contributed by atoms with Crippen molar-refractivity contribution in [2.75, 3.05) is 4.90 Å². The summed E-state index contributed by atoms with van der Waals surface area (Å²) >= 11 is 5.63. The number of aromatic nitrogens is 2. The van der Waals surface area contributed by atoms with Crippen molar-refractivity contribution in [1.29, 1.82) is 0 Å². The van der Waals surface area contributed by atoms with Crippen LogP contribution >= 0.6 is 11.6 Å². The van der Waals surface area contributed by atoms with E-state index < -0.39 is 5.24 Å². The van der Waals surface area contributed by atoms with E-state index in [2.05, 4.69) is 20.1 Å². The van der Waals surface area contributed by atoms with Crippen LogP contribution in [0, 0.1) is 5.92 Å². The standard InChI is InChI=1S/C12H14ClN5O/c13-10(19)12-16-15-11-7-3-1-2-4-8(7)17-6-14-5-9(17)18(11)12/h5-8,11,15H,1-4H2. The molecule has 0 spiro atoms. The lowest BCUT2D eigenvalue weighted by atomic mass is 9.80. The molecule has 3 unspecified atom stereocenters. The van der Waals surface area contributed by atoms with Gasteiger partial charge in [-0.25, -0.2) is 4.98 Å². The minimum absolute atomic E-state index is 0.0344. The molecule has 3 atom stereocenters. The van der Waals surface area contributed by atoms with Crippen molar-refractivity contribution in [3.8, 4) is 0 Å². The van der Waals surface area contributed by atoms with Gasteiger partial charge in [-0.3, -0.25) is 15.1 Å². The van der Waals surface area contributed by atoms with Gasteiger partial charge < -0.3 is 4.57 Å². The summed E-state index contributed by atoms with van der Waals surface area (Å²) in [7, 11) is 0. The van der Waals surface area contributed by atoms with E-state index >= 15 is 0 Å². The highest BCUT2D eigenvalue weighted by atomic mass is 35.5. The molecule has 1 N–H and O–H groups in total. The van der Waals surface area contributed by atoms with Crippen LogP contribution < -0.4 is 10.3 Å². The number of carbonyl (C=O) groups excluding carboxylic acids is 1. The van der Waals surface area contributed by atoms with Crippen LogP contribution in [0.15, 0.2) is 17.6 Å². The highest BCUT2D eigenvalue weighted by Crippen LogP contribution is 2.44. The molecule has 3 heterocycles. The van der Waals surface area contributed by atoms with Crippen molar-refractivity contribution in [2.45, 2.75) is 37.9 Å². The first-order valence-electron chi connectivity index (χ1n) is 6.61. The summed E-state index contributed by atoms with van der Waals surface area (Å²) in [6, 6.07) is 0.444. The largest absolute Gasteiger partial charge is 0.314 e. The first kappa shape index (κ1) is 11.3. The quantitative estimate of drug-likeness (QED) is 0.790. The van der Waals surface area contributed by atoms with Crippen molar-refractivity contribution in [2.24, 2.45) is 11.0 Å². The lowest BCUT2D eigenvalue weighted by molar-refractivity contribution is -0.106. The number of hydrogen-bond donors (Lipinski definition) is 1. The molecule has 4 rings (SSSR count). The van der Waals surface area contributed by atoms with Crippen molar-refractivity contribution in [3.63, 3.8) is 0 Å². The Morgan fingerprint density at radius 1 is 1.42 bits per heavy atom. The van der Waals surface area contributed by atoms with Crippen molar-refractivity contribution in [1.82, 2.24) is 15.0 Å². The van der Waals surface area contributed by atoms with E-state index in [1.807, 2.05) is 11.2 Å². The number of nitrogens with zero attached hydrogens (tertiary/aromatic N) is 4. The predicted molar refractivity (Wildman–Crippen MR) is 70.9 cm³/mol. The van der Waals surface area contributed by atoms with Crippen LogP contribution in [0.3, 0.4) is 0 Å². The summed E-state index contributed by atoms with van der Waals surface area (Å²) in [5.41, 5.74) is 3.09. The minimum atomic E-state index is -0.531. The fraction of sp³-hybridized carbons (Fsp3) is 0.583. The number of halogens is 1. The third-order valence-electron chi connectivity index (χ3n) is 4.42. The molecule has 7 heteroatoms. The number of anilines is 1. The summed E-state index contributed by atoms with van der Waals surface area (Å²) in [5, 5.41) is 3.59. The first-order chi connectivity index (χ1) is 9.27. The zero-order valence-electron chi connectivity index (χ0n) is 10.3. The monoisotopic (exact) mass is 279 g/mol. The number of hydrazone groups is 1. The van der Waals surface area contributed by atoms with E-state index in [0.29, 0.717) is 12.0 Å². The van der Waals surface area contributed by atoms with E-state index in [1.165, 1.54) is 12.8 Å². The zero-order chi connectivity index (χ0) is 13.0. The van der Waals surface area contributed by atoms with Crippen molar-refractivity contribution >= 4 is 28.5 Å². The Labute approximate surface area is 115 Å². The Morgan fingerprint density at radius 3 is 3.11 bits per heavy atom. The van der Waals surface area contributed by atoms with Crippen molar-refractivity contribution in [3.05, 3.63) is 12.5 Å². The van der Waals surface area contributed by atoms with E-state index in [4.69, 9.17) is 11.6 Å². The topological polar surface area (TPSA) is 62.5 Å². The van der Waals surface area contributed by atoms with E-state index in [0.717, 1.165) is 18.7 Å². The third-order valence-corrected chi connectivity index (χ3v) is 4.59. The number of imidazole rings is 1. The van der Waals surface area contributed by atoms with Gasteiger partial charge in [0.1, 0.15) is 12.0 Å². The number of carbonyl (C=O) groups is 1. The highest BCUT2D eigenvalue weighted by Gasteiger charge is 2.47. The summed E-state index contributed by atoms with van der Waals surface area (Å²) in [5.74, 6) is 1.62. The molecule has 1 aromatic heterocycles. The van der Waals surface area contributed by atoms with Gasteiger partial charge in [0.15, 0.2) is 0 Å². The zero-order valence-corrected chi connectivity index (χ0v) is 11.0. The van der Waals surface area contributed by atoms with Gasteiger partial charge in [0.05, 0.1) is 12.5 Å². The van der Waals surface area contributed by atoms with Crippen LogP contribution in [0.2, 0.25) is 0 Å². The molecule has 1 aliphatic carbocycles. The van der Waals surface area contributed by atoms with Crippen LogP contribution in [0.4, 0.5) is 5.82 Å². The first-order valence-corrected chi connectivity index (χ1v) is 6.99. The molecule has 0 amide bonds. The maximum atomic E-state index is 11.5. The Kier molecular flexibility index (Phi) is 2.35. The smallest absolute Gasteiger partial charge is 0.289 e. The predicted octanol–water partition coefficient (Wildman–Crippen LogP) is 1.44. The van der Waals surface area contributed by atoms with Crippen LogP contribution in [0.25, 0.3) is 0 Å². The summed E-state index contributed by atoms with van der Waals surface area (Å²) in [6.07, 6.45) is 8.42. The molecule has 100 valence electrons. The number of amidine groups is 1. The molecule has 6 nitrogen and oxygen atoms in total. The van der Waals surface area contributed by atoms with Gasteiger partial charge in [-0.1, -0.05) is 12.8 Å². The molecule has 19 heavy (non-hydrogen) atoms. The molecule has 1 fully saturated rings. The van der Waals surface area contributed by atoms with Crippen LogP contribution in [-0.4, -0.2) is 26.8 Å². The second kappa shape index (κ2) is 3.96. The van der Waals surface area contributed by atoms with Crippen LogP contribution in [-0.2, 0) is 4.79 Å². The molecular weight excluding hydrogens is 266 g/mol. The molecule has 0 bridgehead atoms. The maximum Gasteiger partial charge on any atom is 0.289 e. The summed E-state index contributed by atoms with van der Waals surface area (Å²) in [4.78, 5) is 17.6. The van der Waals surface area contributed by atoms with Crippen LogP contribution in [0.5, 0.6) is 0 Å². The van der Waals surface area contributed by atoms with Crippen LogP contribution in [0.1, 0.15) is 31.7 Å². The Bertz CT molecular complexity index is 568. The highest BCUT2D eigenvalue weighted by molar-refractivity contribution is 6.83. The van der Waals surface area contributed by atoms with Gasteiger partial charge in [-0.2, -0.15) is 5.10 Å². The Hall–Kier alpha value is -1.56. The molecule has 3 aliphatic rings. The molecular formula is C12H14ClN5O. The number of nitrogens with one attached hydrogen (secondary N) is 1. The number of fused-ring (bicyclic) bond motifs is 6. The summed E-state index contributed by atoms with van der Waals surface area (Å²) in [6.45, 7) is 0. The second-order valence-corrected chi connectivity index (χ2v) is 5.67. The van der Waals surface area contributed by atoms with E-state index in [9.17, 15) is 4.79 Å². The lowest BCUT2D eigenvalue weighted by Gasteiger charge is -2.45. The van der Waals surface area contributed by atoms with E-state index in [-0.39, 0.29) is 12.0 Å². The minimum Gasteiger partial charge on any atom is -0.314 e. The molecule has 1 saturated carbocycles. The Balaban J connectivity index is 1.83. The fourth-order valence-corrected chi connectivity index (χ4v) is 3.77. The lowest BCUT2D eigenvalue weighted by Crippen LogP contribution is -2.54. The molecule has 1 aromatic rings.